The van der Waals surface area contributed by atoms with Gasteiger partial charge in [-0.25, -0.2) is 12.8 Å². The molecule has 16 heavy (non-hydrogen) atoms. The quantitative estimate of drug-likeness (QED) is 0.760. The summed E-state index contributed by atoms with van der Waals surface area (Å²) in [6.45, 7) is 3.18. The molecule has 0 fully saturated rings. The van der Waals surface area contributed by atoms with Gasteiger partial charge in [-0.05, 0) is 37.1 Å². The highest BCUT2D eigenvalue weighted by molar-refractivity contribution is 7.91. The predicted octanol–water partition coefficient (Wildman–Crippen LogP) is 1.67. The molecule has 0 aliphatic rings. The molecule has 0 amide bonds. The number of ketones is 1. The fourth-order valence-corrected chi connectivity index (χ4v) is 2.28. The standard InChI is InChI=1S/C11H13FO3S/c1-7-4-9(12)5-8(2)11(7)10(13)6-16(3,14)15/h4-5H,6H2,1-3H3. The number of benzene rings is 1. The smallest absolute Gasteiger partial charge is 0.178 e. The molecule has 0 bridgehead atoms. The summed E-state index contributed by atoms with van der Waals surface area (Å²) in [7, 11) is -3.36. The zero-order valence-electron chi connectivity index (χ0n) is 9.37. The zero-order valence-corrected chi connectivity index (χ0v) is 10.2. The first-order valence-corrected chi connectivity index (χ1v) is 6.74. The van der Waals surface area contributed by atoms with Gasteiger partial charge in [0.1, 0.15) is 11.6 Å². The Hall–Kier alpha value is -1.23. The van der Waals surface area contributed by atoms with Gasteiger partial charge in [-0.1, -0.05) is 0 Å². The highest BCUT2D eigenvalue weighted by atomic mass is 32.2. The second-order valence-electron chi connectivity index (χ2n) is 3.91. The average molecular weight is 244 g/mol. The molecule has 0 aliphatic heterocycles. The summed E-state index contributed by atoms with van der Waals surface area (Å²) in [5, 5.41) is 0. The fraction of sp³-hybridized carbons (Fsp3) is 0.364. The van der Waals surface area contributed by atoms with Crippen LogP contribution in [0.3, 0.4) is 0 Å². The molecule has 0 spiro atoms. The minimum atomic E-state index is -3.36. The average Bonchev–Trinajstić information content (AvgIpc) is 1.96. The first-order valence-electron chi connectivity index (χ1n) is 4.68. The maximum atomic E-state index is 13.0. The van der Waals surface area contributed by atoms with Gasteiger partial charge in [0.25, 0.3) is 0 Å². The van der Waals surface area contributed by atoms with Crippen LogP contribution in [-0.4, -0.2) is 26.2 Å². The Bertz CT molecular complexity index is 509. The number of halogens is 1. The van der Waals surface area contributed by atoms with Gasteiger partial charge in [-0.15, -0.1) is 0 Å². The van der Waals surface area contributed by atoms with Crippen molar-refractivity contribution in [3.8, 4) is 0 Å². The van der Waals surface area contributed by atoms with Gasteiger partial charge in [-0.2, -0.15) is 0 Å². The molecule has 0 saturated heterocycles. The van der Waals surface area contributed by atoms with E-state index in [0.29, 0.717) is 16.7 Å². The molecule has 1 aromatic rings. The monoisotopic (exact) mass is 244 g/mol. The van der Waals surface area contributed by atoms with Crippen LogP contribution in [0.2, 0.25) is 0 Å². The summed E-state index contributed by atoms with van der Waals surface area (Å²) < 4.78 is 35.0. The first kappa shape index (κ1) is 12.8. The van der Waals surface area contributed by atoms with Crippen molar-refractivity contribution in [1.82, 2.24) is 0 Å². The molecule has 88 valence electrons. The van der Waals surface area contributed by atoms with E-state index in [1.165, 1.54) is 12.1 Å². The van der Waals surface area contributed by atoms with Crippen LogP contribution >= 0.6 is 0 Å². The summed E-state index contributed by atoms with van der Waals surface area (Å²) in [5.74, 6) is -1.45. The number of Topliss-reactive ketones (excluding diaryl/α,β-unsaturated/α-hetero) is 1. The van der Waals surface area contributed by atoms with Gasteiger partial charge in [0.05, 0.1) is 0 Å². The maximum Gasteiger partial charge on any atom is 0.178 e. The summed E-state index contributed by atoms with van der Waals surface area (Å²) in [6.07, 6.45) is 0.999. The Morgan fingerprint density at radius 2 is 1.69 bits per heavy atom. The van der Waals surface area contributed by atoms with E-state index in [9.17, 15) is 17.6 Å². The van der Waals surface area contributed by atoms with E-state index in [1.54, 1.807) is 13.8 Å². The molecule has 1 aromatic carbocycles. The van der Waals surface area contributed by atoms with Crippen molar-refractivity contribution in [1.29, 1.82) is 0 Å². The molecule has 0 heterocycles. The minimum absolute atomic E-state index is 0.298. The van der Waals surface area contributed by atoms with Gasteiger partial charge in [0.15, 0.2) is 15.6 Å². The lowest BCUT2D eigenvalue weighted by atomic mass is 10.00. The summed E-state index contributed by atoms with van der Waals surface area (Å²) in [4.78, 5) is 11.7. The van der Waals surface area contributed by atoms with E-state index in [1.807, 2.05) is 0 Å². The van der Waals surface area contributed by atoms with Crippen molar-refractivity contribution >= 4 is 15.6 Å². The number of hydrogen-bond donors (Lipinski definition) is 0. The Kier molecular flexibility index (Phi) is 3.48. The number of aryl methyl sites for hydroxylation is 2. The number of carbonyl (C=O) groups excluding carboxylic acids is 1. The highest BCUT2D eigenvalue weighted by Gasteiger charge is 2.17. The second-order valence-corrected chi connectivity index (χ2v) is 6.05. The van der Waals surface area contributed by atoms with Crippen LogP contribution in [0.1, 0.15) is 21.5 Å². The molecule has 0 saturated carbocycles. The number of sulfone groups is 1. The van der Waals surface area contributed by atoms with Crippen molar-refractivity contribution in [3.63, 3.8) is 0 Å². The van der Waals surface area contributed by atoms with E-state index in [-0.39, 0.29) is 0 Å². The van der Waals surface area contributed by atoms with Gasteiger partial charge < -0.3 is 0 Å². The van der Waals surface area contributed by atoms with Crippen LogP contribution < -0.4 is 0 Å². The van der Waals surface area contributed by atoms with Crippen LogP contribution in [0.5, 0.6) is 0 Å². The Balaban J connectivity index is 3.19. The molecule has 5 heteroatoms. The third-order valence-electron chi connectivity index (χ3n) is 2.17. The predicted molar refractivity (Wildman–Crippen MR) is 59.9 cm³/mol. The summed E-state index contributed by atoms with van der Waals surface area (Å²) in [5.41, 5.74) is 1.23. The lowest BCUT2D eigenvalue weighted by Crippen LogP contribution is -2.17. The largest absolute Gasteiger partial charge is 0.293 e. The summed E-state index contributed by atoms with van der Waals surface area (Å²) >= 11 is 0. The Labute approximate surface area is 94.2 Å². The highest BCUT2D eigenvalue weighted by Crippen LogP contribution is 2.17. The van der Waals surface area contributed by atoms with Crippen molar-refractivity contribution in [2.45, 2.75) is 13.8 Å². The van der Waals surface area contributed by atoms with E-state index in [2.05, 4.69) is 0 Å². The van der Waals surface area contributed by atoms with E-state index >= 15 is 0 Å². The van der Waals surface area contributed by atoms with Gasteiger partial charge in [0.2, 0.25) is 0 Å². The first-order chi connectivity index (χ1) is 7.20. The van der Waals surface area contributed by atoms with Crippen molar-refractivity contribution in [2.75, 3.05) is 12.0 Å². The number of carbonyl (C=O) groups is 1. The Morgan fingerprint density at radius 1 is 1.25 bits per heavy atom. The maximum absolute atomic E-state index is 13.0. The third-order valence-corrected chi connectivity index (χ3v) is 2.96. The number of hydrogen-bond acceptors (Lipinski definition) is 3. The van der Waals surface area contributed by atoms with Crippen LogP contribution in [0.25, 0.3) is 0 Å². The molecule has 3 nitrogen and oxygen atoms in total. The zero-order chi connectivity index (χ0) is 12.5. The van der Waals surface area contributed by atoms with E-state index < -0.39 is 27.2 Å². The molecule has 0 radical (unpaired) electrons. The molecular weight excluding hydrogens is 231 g/mol. The third kappa shape index (κ3) is 3.13. The van der Waals surface area contributed by atoms with E-state index in [4.69, 9.17) is 0 Å². The SMILES string of the molecule is Cc1cc(F)cc(C)c1C(=O)CS(C)(=O)=O. The van der Waals surface area contributed by atoms with Gasteiger partial charge >= 0.3 is 0 Å². The normalized spacial score (nSPS) is 11.5. The van der Waals surface area contributed by atoms with Crippen LogP contribution in [0, 0.1) is 19.7 Å². The van der Waals surface area contributed by atoms with Crippen molar-refractivity contribution in [2.24, 2.45) is 0 Å². The molecule has 0 aliphatic carbocycles. The Morgan fingerprint density at radius 3 is 2.06 bits per heavy atom. The number of rotatable bonds is 3. The van der Waals surface area contributed by atoms with Crippen molar-refractivity contribution < 1.29 is 17.6 Å². The lowest BCUT2D eigenvalue weighted by molar-refractivity contribution is 0.102. The summed E-state index contributed by atoms with van der Waals surface area (Å²) in [6, 6.07) is 2.45. The fourth-order valence-electron chi connectivity index (χ4n) is 1.66. The molecule has 0 N–H and O–H groups in total. The van der Waals surface area contributed by atoms with Crippen LogP contribution in [-0.2, 0) is 9.84 Å². The van der Waals surface area contributed by atoms with Gasteiger partial charge in [0, 0.05) is 11.8 Å². The van der Waals surface area contributed by atoms with Crippen LogP contribution in [0.4, 0.5) is 4.39 Å². The molecule has 0 unspecified atom stereocenters. The molecular formula is C11H13FO3S. The molecule has 0 aromatic heterocycles. The molecule has 0 atom stereocenters. The second kappa shape index (κ2) is 4.33. The lowest BCUT2D eigenvalue weighted by Gasteiger charge is -2.08. The van der Waals surface area contributed by atoms with Crippen LogP contribution in [0.15, 0.2) is 12.1 Å². The van der Waals surface area contributed by atoms with Gasteiger partial charge in [-0.3, -0.25) is 4.79 Å². The minimum Gasteiger partial charge on any atom is -0.293 e. The topological polar surface area (TPSA) is 51.2 Å². The van der Waals surface area contributed by atoms with E-state index in [0.717, 1.165) is 6.26 Å². The van der Waals surface area contributed by atoms with Crippen molar-refractivity contribution in [3.05, 3.63) is 34.6 Å². The molecule has 1 rings (SSSR count).